The Balaban J connectivity index is 1.62. The second-order valence-corrected chi connectivity index (χ2v) is 6.59. The Morgan fingerprint density at radius 2 is 1.95 bits per heavy atom. The van der Waals surface area contributed by atoms with Crippen LogP contribution in [-0.4, -0.2) is 0 Å². The summed E-state index contributed by atoms with van der Waals surface area (Å²) in [7, 11) is 0. The van der Waals surface area contributed by atoms with Crippen molar-refractivity contribution in [1.82, 2.24) is 5.32 Å². The largest absolute Gasteiger partial charge is 0.306 e. The molecule has 1 aliphatic rings. The van der Waals surface area contributed by atoms with Gasteiger partial charge in [0, 0.05) is 17.1 Å². The van der Waals surface area contributed by atoms with Crippen molar-refractivity contribution in [2.24, 2.45) is 0 Å². The normalized spacial score (nSPS) is 16.1. The van der Waals surface area contributed by atoms with Crippen LogP contribution in [0.3, 0.4) is 0 Å². The first-order chi connectivity index (χ1) is 9.72. The molecule has 20 heavy (non-hydrogen) atoms. The van der Waals surface area contributed by atoms with E-state index in [0.29, 0.717) is 6.04 Å². The molecule has 0 aliphatic heterocycles. The summed E-state index contributed by atoms with van der Waals surface area (Å²) in [5.41, 5.74) is 4.22. The predicted molar refractivity (Wildman–Crippen MR) is 87.8 cm³/mol. The van der Waals surface area contributed by atoms with Crippen molar-refractivity contribution < 1.29 is 0 Å². The molecule has 1 unspecified atom stereocenters. The van der Waals surface area contributed by atoms with Gasteiger partial charge in [-0.3, -0.25) is 0 Å². The summed E-state index contributed by atoms with van der Waals surface area (Å²) in [5.74, 6) is 0.831. The quantitative estimate of drug-likeness (QED) is 0.797. The summed E-state index contributed by atoms with van der Waals surface area (Å²) in [6.07, 6.45) is 2.73. The molecule has 0 aromatic heterocycles. The Morgan fingerprint density at radius 3 is 2.70 bits per heavy atom. The van der Waals surface area contributed by atoms with Gasteiger partial charge in [-0.15, -0.1) is 0 Å². The SMILES string of the molecule is CC(NCc1cccc(C2CC2)c1)c1cccc(Br)c1. The molecule has 0 heterocycles. The maximum absolute atomic E-state index is 3.61. The van der Waals surface area contributed by atoms with Crippen molar-refractivity contribution in [3.8, 4) is 0 Å². The van der Waals surface area contributed by atoms with Gasteiger partial charge in [0.2, 0.25) is 0 Å². The Morgan fingerprint density at radius 1 is 1.15 bits per heavy atom. The van der Waals surface area contributed by atoms with Gasteiger partial charge < -0.3 is 5.32 Å². The molecule has 0 spiro atoms. The summed E-state index contributed by atoms with van der Waals surface area (Å²) in [5, 5.41) is 3.61. The molecule has 0 bridgehead atoms. The van der Waals surface area contributed by atoms with E-state index in [0.717, 1.165) is 16.9 Å². The minimum absolute atomic E-state index is 0.358. The molecular weight excluding hydrogens is 310 g/mol. The first kappa shape index (κ1) is 13.8. The Bertz CT molecular complexity index is 589. The van der Waals surface area contributed by atoms with Crippen molar-refractivity contribution in [2.45, 2.75) is 38.3 Å². The molecule has 2 heteroatoms. The number of hydrogen-bond donors (Lipinski definition) is 1. The zero-order chi connectivity index (χ0) is 13.9. The van der Waals surface area contributed by atoms with Crippen LogP contribution in [-0.2, 0) is 6.54 Å². The lowest BCUT2D eigenvalue weighted by atomic mass is 10.1. The maximum Gasteiger partial charge on any atom is 0.0295 e. The van der Waals surface area contributed by atoms with Crippen LogP contribution in [0.25, 0.3) is 0 Å². The summed E-state index contributed by atoms with van der Waals surface area (Å²) in [4.78, 5) is 0. The summed E-state index contributed by atoms with van der Waals surface area (Å²) >= 11 is 3.53. The fourth-order valence-corrected chi connectivity index (χ4v) is 2.96. The van der Waals surface area contributed by atoms with Gasteiger partial charge in [0.15, 0.2) is 0 Å². The van der Waals surface area contributed by atoms with Gasteiger partial charge in [-0.1, -0.05) is 52.3 Å². The van der Waals surface area contributed by atoms with Gasteiger partial charge in [0.25, 0.3) is 0 Å². The van der Waals surface area contributed by atoms with Crippen molar-refractivity contribution >= 4 is 15.9 Å². The Hall–Kier alpha value is -1.12. The highest BCUT2D eigenvalue weighted by atomic mass is 79.9. The molecule has 2 aromatic carbocycles. The smallest absolute Gasteiger partial charge is 0.0295 e. The third-order valence-corrected chi connectivity index (χ3v) is 4.45. The third kappa shape index (κ3) is 3.50. The fraction of sp³-hybridized carbons (Fsp3) is 0.333. The zero-order valence-electron chi connectivity index (χ0n) is 11.8. The minimum Gasteiger partial charge on any atom is -0.306 e. The molecule has 0 radical (unpaired) electrons. The molecule has 1 N–H and O–H groups in total. The standard InChI is InChI=1S/C18H20BrN/c1-13(16-5-3-7-18(19)11-16)20-12-14-4-2-6-17(10-14)15-8-9-15/h2-7,10-11,13,15,20H,8-9,12H2,1H3. The van der Waals surface area contributed by atoms with E-state index < -0.39 is 0 Å². The zero-order valence-corrected chi connectivity index (χ0v) is 13.4. The monoisotopic (exact) mass is 329 g/mol. The van der Waals surface area contributed by atoms with E-state index in [4.69, 9.17) is 0 Å². The number of halogens is 1. The van der Waals surface area contributed by atoms with Gasteiger partial charge in [0.1, 0.15) is 0 Å². The topological polar surface area (TPSA) is 12.0 Å². The third-order valence-electron chi connectivity index (χ3n) is 3.96. The van der Waals surface area contributed by atoms with Gasteiger partial charge in [-0.2, -0.15) is 0 Å². The van der Waals surface area contributed by atoms with Crippen LogP contribution in [0.5, 0.6) is 0 Å². The lowest BCUT2D eigenvalue weighted by Crippen LogP contribution is -2.18. The average molecular weight is 330 g/mol. The second kappa shape index (κ2) is 6.11. The molecule has 2 aromatic rings. The van der Waals surface area contributed by atoms with Crippen molar-refractivity contribution in [1.29, 1.82) is 0 Å². The molecular formula is C18H20BrN. The van der Waals surface area contributed by atoms with Crippen LogP contribution in [0.2, 0.25) is 0 Å². The van der Waals surface area contributed by atoms with Gasteiger partial charge >= 0.3 is 0 Å². The van der Waals surface area contributed by atoms with E-state index >= 15 is 0 Å². The first-order valence-corrected chi connectivity index (χ1v) is 8.09. The van der Waals surface area contributed by atoms with Gasteiger partial charge in [0.05, 0.1) is 0 Å². The van der Waals surface area contributed by atoms with Crippen LogP contribution < -0.4 is 5.32 Å². The number of benzene rings is 2. The van der Waals surface area contributed by atoms with Gasteiger partial charge in [-0.25, -0.2) is 0 Å². The van der Waals surface area contributed by atoms with E-state index in [9.17, 15) is 0 Å². The molecule has 104 valence electrons. The van der Waals surface area contributed by atoms with Gasteiger partial charge in [-0.05, 0) is 54.5 Å². The Labute approximate surface area is 129 Å². The summed E-state index contributed by atoms with van der Waals surface area (Å²) in [6.45, 7) is 3.14. The molecule has 1 nitrogen and oxygen atoms in total. The van der Waals surface area contributed by atoms with E-state index in [1.54, 1.807) is 0 Å². The number of nitrogens with one attached hydrogen (secondary N) is 1. The van der Waals surface area contributed by atoms with Crippen molar-refractivity contribution in [2.75, 3.05) is 0 Å². The minimum atomic E-state index is 0.358. The summed E-state index contributed by atoms with van der Waals surface area (Å²) < 4.78 is 1.14. The highest BCUT2D eigenvalue weighted by Gasteiger charge is 2.23. The number of rotatable bonds is 5. The average Bonchev–Trinajstić information content (AvgIpc) is 3.30. The predicted octanol–water partition coefficient (Wildman–Crippen LogP) is 5.18. The lowest BCUT2D eigenvalue weighted by molar-refractivity contribution is 0.574. The fourth-order valence-electron chi connectivity index (χ4n) is 2.54. The van der Waals surface area contributed by atoms with E-state index in [1.807, 2.05) is 0 Å². The molecule has 1 saturated carbocycles. The van der Waals surface area contributed by atoms with Crippen LogP contribution in [0.15, 0.2) is 53.0 Å². The maximum atomic E-state index is 3.61. The molecule has 3 rings (SSSR count). The first-order valence-electron chi connectivity index (χ1n) is 7.30. The lowest BCUT2D eigenvalue weighted by Gasteiger charge is -2.15. The molecule has 1 aliphatic carbocycles. The van der Waals surface area contributed by atoms with E-state index in [1.165, 1.54) is 29.5 Å². The van der Waals surface area contributed by atoms with Crippen LogP contribution in [0.1, 0.15) is 48.4 Å². The van der Waals surface area contributed by atoms with Crippen molar-refractivity contribution in [3.05, 3.63) is 69.7 Å². The van der Waals surface area contributed by atoms with Crippen molar-refractivity contribution in [3.63, 3.8) is 0 Å². The highest BCUT2D eigenvalue weighted by Crippen LogP contribution is 2.40. The van der Waals surface area contributed by atoms with Crippen LogP contribution in [0, 0.1) is 0 Å². The van der Waals surface area contributed by atoms with Crippen LogP contribution in [0.4, 0.5) is 0 Å². The second-order valence-electron chi connectivity index (χ2n) is 5.68. The molecule has 1 fully saturated rings. The summed E-state index contributed by atoms with van der Waals surface area (Å²) in [6, 6.07) is 17.9. The number of hydrogen-bond acceptors (Lipinski definition) is 1. The van der Waals surface area contributed by atoms with E-state index in [-0.39, 0.29) is 0 Å². The molecule has 1 atom stereocenters. The van der Waals surface area contributed by atoms with Crippen LogP contribution >= 0.6 is 15.9 Å². The Kier molecular flexibility index (Phi) is 4.23. The molecule has 0 amide bonds. The highest BCUT2D eigenvalue weighted by molar-refractivity contribution is 9.10. The van der Waals surface area contributed by atoms with E-state index in [2.05, 4.69) is 76.7 Å². The molecule has 0 saturated heterocycles.